The van der Waals surface area contributed by atoms with Gasteiger partial charge in [-0.05, 0) is 49.9 Å². The molecule has 2 amide bonds. The van der Waals surface area contributed by atoms with Crippen molar-refractivity contribution in [3.63, 3.8) is 0 Å². The first-order valence-corrected chi connectivity index (χ1v) is 9.38. The van der Waals surface area contributed by atoms with E-state index < -0.39 is 0 Å². The average Bonchev–Trinajstić information content (AvgIpc) is 3.09. The highest BCUT2D eigenvalue weighted by Gasteiger charge is 2.46. The molecular formula is C18H29N3O2. The summed E-state index contributed by atoms with van der Waals surface area (Å²) in [4.78, 5) is 26.8. The minimum Gasteiger partial charge on any atom is -0.351 e. The first kappa shape index (κ1) is 15.4. The van der Waals surface area contributed by atoms with Crippen molar-refractivity contribution in [2.24, 2.45) is 29.4 Å². The zero-order valence-corrected chi connectivity index (χ0v) is 14.0. The van der Waals surface area contributed by atoms with E-state index in [9.17, 15) is 9.59 Å². The third-order valence-corrected chi connectivity index (χ3v) is 6.76. The van der Waals surface area contributed by atoms with Crippen LogP contribution in [0.4, 0.5) is 0 Å². The Kier molecular flexibility index (Phi) is 3.87. The Bertz CT molecular complexity index is 494. The minimum absolute atomic E-state index is 0.0123. The summed E-state index contributed by atoms with van der Waals surface area (Å²) < 4.78 is 0. The maximum absolute atomic E-state index is 12.7. The second kappa shape index (κ2) is 5.76. The Morgan fingerprint density at radius 1 is 1.22 bits per heavy atom. The van der Waals surface area contributed by atoms with Crippen LogP contribution in [0.3, 0.4) is 0 Å². The molecule has 5 unspecified atom stereocenters. The van der Waals surface area contributed by atoms with Crippen LogP contribution in [-0.4, -0.2) is 41.4 Å². The number of amides is 2. The van der Waals surface area contributed by atoms with Gasteiger partial charge < -0.3 is 16.0 Å². The second-order valence-corrected chi connectivity index (χ2v) is 8.43. The number of nitrogens with zero attached hydrogens (tertiary/aromatic N) is 1. The third kappa shape index (κ3) is 2.88. The van der Waals surface area contributed by atoms with Crippen molar-refractivity contribution >= 4 is 11.8 Å². The molecular weight excluding hydrogens is 290 g/mol. The number of carbonyl (C=O) groups excluding carboxylic acids is 2. The van der Waals surface area contributed by atoms with Crippen LogP contribution < -0.4 is 11.1 Å². The van der Waals surface area contributed by atoms with Gasteiger partial charge in [0.05, 0.1) is 6.04 Å². The first-order chi connectivity index (χ1) is 11.0. The molecule has 0 spiro atoms. The molecule has 0 aromatic rings. The quantitative estimate of drug-likeness (QED) is 0.822. The minimum atomic E-state index is 0.0123. The number of fused-ring (bicyclic) bond motifs is 2. The Morgan fingerprint density at radius 3 is 2.48 bits per heavy atom. The number of nitrogens with two attached hydrogens (primary N) is 1. The molecule has 2 bridgehead atoms. The molecule has 4 aliphatic rings. The van der Waals surface area contributed by atoms with Crippen molar-refractivity contribution in [2.45, 2.75) is 70.0 Å². The maximum Gasteiger partial charge on any atom is 0.225 e. The van der Waals surface area contributed by atoms with E-state index >= 15 is 0 Å². The lowest BCUT2D eigenvalue weighted by molar-refractivity contribution is -0.128. The van der Waals surface area contributed by atoms with Gasteiger partial charge in [0.15, 0.2) is 0 Å². The topological polar surface area (TPSA) is 75.4 Å². The van der Waals surface area contributed by atoms with Gasteiger partial charge in [0, 0.05) is 31.0 Å². The lowest BCUT2D eigenvalue weighted by atomic mass is 9.65. The predicted molar refractivity (Wildman–Crippen MR) is 87.4 cm³/mol. The molecule has 5 nitrogen and oxygen atoms in total. The van der Waals surface area contributed by atoms with Crippen molar-refractivity contribution in [3.8, 4) is 0 Å². The largest absolute Gasteiger partial charge is 0.351 e. The molecule has 23 heavy (non-hydrogen) atoms. The molecule has 5 heteroatoms. The first-order valence-electron chi connectivity index (χ1n) is 9.38. The van der Waals surface area contributed by atoms with Gasteiger partial charge in [-0.2, -0.15) is 0 Å². The summed E-state index contributed by atoms with van der Waals surface area (Å²) in [6.45, 7) is 2.90. The molecule has 0 aromatic carbocycles. The number of likely N-dealkylation sites (tertiary alicyclic amines) is 1. The fourth-order valence-electron chi connectivity index (χ4n) is 5.21. The summed E-state index contributed by atoms with van der Waals surface area (Å²) in [5.41, 5.74) is 6.32. The monoisotopic (exact) mass is 319 g/mol. The van der Waals surface area contributed by atoms with Crippen molar-refractivity contribution in [3.05, 3.63) is 0 Å². The molecule has 1 aliphatic heterocycles. The molecule has 3 N–H and O–H groups in total. The number of rotatable bonds is 3. The highest BCUT2D eigenvalue weighted by atomic mass is 16.2. The molecule has 1 heterocycles. The van der Waals surface area contributed by atoms with E-state index in [1.165, 1.54) is 19.3 Å². The number of carbonyl (C=O) groups is 2. The zero-order valence-electron chi connectivity index (χ0n) is 14.0. The molecule has 1 saturated heterocycles. The predicted octanol–water partition coefficient (Wildman–Crippen LogP) is 1.27. The van der Waals surface area contributed by atoms with Crippen molar-refractivity contribution < 1.29 is 9.59 Å². The SMILES string of the molecule is CC1CC1N1CC(NC(=O)C2CC3CCCC(C2)C3N)CC1=O. The summed E-state index contributed by atoms with van der Waals surface area (Å²) in [5, 5.41) is 3.17. The van der Waals surface area contributed by atoms with Gasteiger partial charge in [0.2, 0.25) is 11.8 Å². The fourth-order valence-corrected chi connectivity index (χ4v) is 5.21. The van der Waals surface area contributed by atoms with E-state index in [2.05, 4.69) is 12.2 Å². The van der Waals surface area contributed by atoms with Gasteiger partial charge in [0.1, 0.15) is 0 Å². The van der Waals surface area contributed by atoms with E-state index in [-0.39, 0.29) is 23.8 Å². The van der Waals surface area contributed by atoms with E-state index in [0.29, 0.717) is 42.8 Å². The lowest BCUT2D eigenvalue weighted by Gasteiger charge is -2.43. The van der Waals surface area contributed by atoms with Crippen LogP contribution in [0.1, 0.15) is 51.9 Å². The average molecular weight is 319 g/mol. The Labute approximate surface area is 138 Å². The maximum atomic E-state index is 12.7. The summed E-state index contributed by atoms with van der Waals surface area (Å²) >= 11 is 0. The molecule has 0 radical (unpaired) electrons. The van der Waals surface area contributed by atoms with Crippen LogP contribution in [0.15, 0.2) is 0 Å². The van der Waals surface area contributed by atoms with Crippen LogP contribution in [0, 0.1) is 23.7 Å². The van der Waals surface area contributed by atoms with Gasteiger partial charge in [0.25, 0.3) is 0 Å². The highest BCUT2D eigenvalue weighted by molar-refractivity contribution is 5.83. The van der Waals surface area contributed by atoms with Gasteiger partial charge in [-0.1, -0.05) is 13.3 Å². The van der Waals surface area contributed by atoms with Gasteiger partial charge in [-0.25, -0.2) is 0 Å². The van der Waals surface area contributed by atoms with Crippen LogP contribution in [0.2, 0.25) is 0 Å². The lowest BCUT2D eigenvalue weighted by Crippen LogP contribution is -2.50. The van der Waals surface area contributed by atoms with E-state index in [1.807, 2.05) is 4.90 Å². The number of nitrogens with one attached hydrogen (secondary N) is 1. The van der Waals surface area contributed by atoms with Gasteiger partial charge >= 0.3 is 0 Å². The van der Waals surface area contributed by atoms with E-state index in [1.54, 1.807) is 0 Å². The van der Waals surface area contributed by atoms with Gasteiger partial charge in [-0.3, -0.25) is 9.59 Å². The molecule has 3 saturated carbocycles. The van der Waals surface area contributed by atoms with Crippen molar-refractivity contribution in [2.75, 3.05) is 6.54 Å². The molecule has 4 rings (SSSR count). The molecule has 4 fully saturated rings. The Balaban J connectivity index is 1.33. The second-order valence-electron chi connectivity index (χ2n) is 8.43. The van der Waals surface area contributed by atoms with Crippen LogP contribution >= 0.6 is 0 Å². The summed E-state index contributed by atoms with van der Waals surface area (Å²) in [6, 6.07) is 0.738. The fraction of sp³-hybridized carbons (Fsp3) is 0.889. The van der Waals surface area contributed by atoms with E-state index in [0.717, 1.165) is 19.3 Å². The normalized spacial score (nSPS) is 45.9. The standard InChI is InChI=1S/C18H29N3O2/c1-10-5-15(10)21-9-14(8-16(21)22)20-18(23)13-6-11-3-2-4-12(7-13)17(11)19/h10-15,17H,2-9,19H2,1H3,(H,20,23). The Hall–Kier alpha value is -1.10. The van der Waals surface area contributed by atoms with Crippen LogP contribution in [0.5, 0.6) is 0 Å². The third-order valence-electron chi connectivity index (χ3n) is 6.76. The van der Waals surface area contributed by atoms with Crippen LogP contribution in [0.25, 0.3) is 0 Å². The van der Waals surface area contributed by atoms with E-state index in [4.69, 9.17) is 5.73 Å². The molecule has 0 aromatic heterocycles. The number of hydrogen-bond donors (Lipinski definition) is 2. The summed E-state index contributed by atoms with van der Waals surface area (Å²) in [5.74, 6) is 2.16. The van der Waals surface area contributed by atoms with Crippen molar-refractivity contribution in [1.29, 1.82) is 0 Å². The zero-order chi connectivity index (χ0) is 16.1. The number of hydrogen-bond acceptors (Lipinski definition) is 3. The summed E-state index contributed by atoms with van der Waals surface area (Å²) in [7, 11) is 0. The molecule has 5 atom stereocenters. The molecule has 3 aliphatic carbocycles. The van der Waals surface area contributed by atoms with Crippen LogP contribution in [-0.2, 0) is 9.59 Å². The summed E-state index contributed by atoms with van der Waals surface area (Å²) in [6.07, 6.45) is 7.10. The van der Waals surface area contributed by atoms with Gasteiger partial charge in [-0.15, -0.1) is 0 Å². The van der Waals surface area contributed by atoms with Crippen molar-refractivity contribution in [1.82, 2.24) is 10.2 Å². The smallest absolute Gasteiger partial charge is 0.225 e. The Morgan fingerprint density at radius 2 is 1.87 bits per heavy atom. The molecule has 128 valence electrons. The highest BCUT2D eigenvalue weighted by Crippen LogP contribution is 2.42.